The Balaban J connectivity index is 2.59. The SMILES string of the molecule is Cc1nc(-c2cccc(O)c2)cc(=O)[nH]1. The van der Waals surface area contributed by atoms with Gasteiger partial charge in [-0.1, -0.05) is 12.1 Å². The number of hydrogen-bond acceptors (Lipinski definition) is 3. The topological polar surface area (TPSA) is 66.0 Å². The second-order valence-electron chi connectivity index (χ2n) is 3.27. The molecule has 2 N–H and O–H groups in total. The summed E-state index contributed by atoms with van der Waals surface area (Å²) in [6.45, 7) is 1.72. The number of phenols is 1. The van der Waals surface area contributed by atoms with E-state index in [-0.39, 0.29) is 11.3 Å². The molecule has 0 saturated heterocycles. The van der Waals surface area contributed by atoms with Gasteiger partial charge in [-0.3, -0.25) is 4.79 Å². The zero-order chi connectivity index (χ0) is 10.8. The molecule has 0 aliphatic heterocycles. The van der Waals surface area contributed by atoms with Gasteiger partial charge in [0.05, 0.1) is 5.69 Å². The highest BCUT2D eigenvalue weighted by atomic mass is 16.3. The maximum Gasteiger partial charge on any atom is 0.251 e. The average Bonchev–Trinajstić information content (AvgIpc) is 2.16. The van der Waals surface area contributed by atoms with Gasteiger partial charge in [-0.2, -0.15) is 0 Å². The quantitative estimate of drug-likeness (QED) is 0.735. The fourth-order valence-corrected chi connectivity index (χ4v) is 1.39. The normalized spacial score (nSPS) is 10.2. The molecule has 0 spiro atoms. The predicted octanol–water partition coefficient (Wildman–Crippen LogP) is 1.45. The van der Waals surface area contributed by atoms with Gasteiger partial charge in [-0.25, -0.2) is 4.98 Å². The highest BCUT2D eigenvalue weighted by Gasteiger charge is 2.02. The maximum absolute atomic E-state index is 11.2. The Morgan fingerprint density at radius 2 is 2.13 bits per heavy atom. The highest BCUT2D eigenvalue weighted by Crippen LogP contribution is 2.19. The Bertz CT molecular complexity index is 546. The number of nitrogens with one attached hydrogen (secondary N) is 1. The van der Waals surface area contributed by atoms with E-state index in [1.807, 2.05) is 0 Å². The molecular formula is C11H10N2O2. The Labute approximate surface area is 86.2 Å². The Morgan fingerprint density at radius 3 is 2.80 bits per heavy atom. The van der Waals surface area contributed by atoms with Gasteiger partial charge in [0.1, 0.15) is 11.6 Å². The van der Waals surface area contributed by atoms with Crippen LogP contribution in [0.4, 0.5) is 0 Å². The van der Waals surface area contributed by atoms with E-state index in [4.69, 9.17) is 0 Å². The molecule has 2 aromatic rings. The van der Waals surface area contributed by atoms with Gasteiger partial charge in [0, 0.05) is 11.6 Å². The van der Waals surface area contributed by atoms with E-state index in [1.54, 1.807) is 31.2 Å². The molecule has 0 saturated carbocycles. The van der Waals surface area contributed by atoms with Crippen LogP contribution in [0.3, 0.4) is 0 Å². The summed E-state index contributed by atoms with van der Waals surface area (Å²) in [5.41, 5.74) is 1.09. The van der Waals surface area contributed by atoms with Gasteiger partial charge in [-0.15, -0.1) is 0 Å². The maximum atomic E-state index is 11.2. The molecule has 1 aromatic carbocycles. The average molecular weight is 202 g/mol. The zero-order valence-corrected chi connectivity index (χ0v) is 8.19. The summed E-state index contributed by atoms with van der Waals surface area (Å²) in [4.78, 5) is 18.0. The largest absolute Gasteiger partial charge is 0.508 e. The minimum absolute atomic E-state index is 0.159. The van der Waals surface area contributed by atoms with Crippen LogP contribution in [0, 0.1) is 6.92 Å². The molecule has 0 aliphatic rings. The van der Waals surface area contributed by atoms with Crippen molar-refractivity contribution in [2.75, 3.05) is 0 Å². The Morgan fingerprint density at radius 1 is 1.33 bits per heavy atom. The fourth-order valence-electron chi connectivity index (χ4n) is 1.39. The molecule has 0 bridgehead atoms. The first-order chi connectivity index (χ1) is 7.15. The van der Waals surface area contributed by atoms with Crippen LogP contribution in [0.5, 0.6) is 5.75 Å². The van der Waals surface area contributed by atoms with Crippen LogP contribution in [-0.4, -0.2) is 15.1 Å². The van der Waals surface area contributed by atoms with Crippen molar-refractivity contribution in [1.82, 2.24) is 9.97 Å². The van der Waals surface area contributed by atoms with E-state index in [9.17, 15) is 9.90 Å². The lowest BCUT2D eigenvalue weighted by atomic mass is 10.1. The van der Waals surface area contributed by atoms with Crippen molar-refractivity contribution in [1.29, 1.82) is 0 Å². The molecule has 4 heteroatoms. The fraction of sp³-hybridized carbons (Fsp3) is 0.0909. The van der Waals surface area contributed by atoms with Crippen LogP contribution < -0.4 is 5.56 Å². The molecule has 1 aromatic heterocycles. The van der Waals surface area contributed by atoms with Gasteiger partial charge in [0.25, 0.3) is 5.56 Å². The first-order valence-electron chi connectivity index (χ1n) is 4.52. The Hall–Kier alpha value is -2.10. The summed E-state index contributed by atoms with van der Waals surface area (Å²) < 4.78 is 0. The zero-order valence-electron chi connectivity index (χ0n) is 8.19. The van der Waals surface area contributed by atoms with Gasteiger partial charge in [0.15, 0.2) is 0 Å². The lowest BCUT2D eigenvalue weighted by molar-refractivity contribution is 0.475. The monoisotopic (exact) mass is 202 g/mol. The van der Waals surface area contributed by atoms with Crippen molar-refractivity contribution in [3.8, 4) is 17.0 Å². The summed E-state index contributed by atoms with van der Waals surface area (Å²) in [6.07, 6.45) is 0. The first kappa shape index (κ1) is 9.45. The third kappa shape index (κ3) is 2.04. The van der Waals surface area contributed by atoms with Crippen LogP contribution >= 0.6 is 0 Å². The number of hydrogen-bond donors (Lipinski definition) is 2. The number of nitrogens with zero attached hydrogens (tertiary/aromatic N) is 1. The van der Waals surface area contributed by atoms with Gasteiger partial charge >= 0.3 is 0 Å². The van der Waals surface area contributed by atoms with E-state index < -0.39 is 0 Å². The van der Waals surface area contributed by atoms with Gasteiger partial charge in [-0.05, 0) is 19.1 Å². The second kappa shape index (κ2) is 3.57. The molecule has 2 rings (SSSR count). The molecule has 0 amide bonds. The van der Waals surface area contributed by atoms with Crippen molar-refractivity contribution in [3.63, 3.8) is 0 Å². The molecule has 0 atom stereocenters. The van der Waals surface area contributed by atoms with Crippen LogP contribution in [0.1, 0.15) is 5.82 Å². The number of benzene rings is 1. The van der Waals surface area contributed by atoms with Crippen molar-refractivity contribution in [3.05, 3.63) is 46.5 Å². The number of aromatic hydroxyl groups is 1. The van der Waals surface area contributed by atoms with Crippen molar-refractivity contribution < 1.29 is 5.11 Å². The van der Waals surface area contributed by atoms with E-state index in [2.05, 4.69) is 9.97 Å². The van der Waals surface area contributed by atoms with Gasteiger partial charge < -0.3 is 10.1 Å². The molecule has 0 unspecified atom stereocenters. The Kier molecular flexibility index (Phi) is 2.25. The number of rotatable bonds is 1. The van der Waals surface area contributed by atoms with Crippen molar-refractivity contribution in [2.45, 2.75) is 6.92 Å². The van der Waals surface area contributed by atoms with Crippen LogP contribution in [0.25, 0.3) is 11.3 Å². The van der Waals surface area contributed by atoms with E-state index in [0.29, 0.717) is 11.5 Å². The minimum atomic E-state index is -0.194. The number of aromatic nitrogens is 2. The standard InChI is InChI=1S/C11H10N2O2/c1-7-12-10(6-11(15)13-7)8-3-2-4-9(14)5-8/h2-6,14H,1H3,(H,12,13,15). The molecule has 0 radical (unpaired) electrons. The summed E-state index contributed by atoms with van der Waals surface area (Å²) in [5, 5.41) is 9.30. The smallest absolute Gasteiger partial charge is 0.251 e. The summed E-state index contributed by atoms with van der Waals surface area (Å²) >= 11 is 0. The third-order valence-electron chi connectivity index (χ3n) is 2.00. The summed E-state index contributed by atoms with van der Waals surface area (Å²) in [5.74, 6) is 0.716. The van der Waals surface area contributed by atoms with Crippen LogP contribution in [0.2, 0.25) is 0 Å². The number of aromatic amines is 1. The molecule has 4 nitrogen and oxygen atoms in total. The number of H-pyrrole nitrogens is 1. The predicted molar refractivity (Wildman–Crippen MR) is 56.7 cm³/mol. The van der Waals surface area contributed by atoms with Crippen LogP contribution in [0.15, 0.2) is 35.1 Å². The van der Waals surface area contributed by atoms with E-state index >= 15 is 0 Å². The highest BCUT2D eigenvalue weighted by molar-refractivity contribution is 5.60. The van der Waals surface area contributed by atoms with Crippen molar-refractivity contribution in [2.24, 2.45) is 0 Å². The molecular weight excluding hydrogens is 192 g/mol. The van der Waals surface area contributed by atoms with E-state index in [1.165, 1.54) is 6.07 Å². The molecule has 0 aliphatic carbocycles. The molecule has 0 fully saturated rings. The van der Waals surface area contributed by atoms with Gasteiger partial charge in [0.2, 0.25) is 0 Å². The summed E-state index contributed by atoms with van der Waals surface area (Å²) in [7, 11) is 0. The lowest BCUT2D eigenvalue weighted by Crippen LogP contribution is -2.08. The summed E-state index contributed by atoms with van der Waals surface area (Å²) in [6, 6.07) is 8.05. The minimum Gasteiger partial charge on any atom is -0.508 e. The van der Waals surface area contributed by atoms with E-state index in [0.717, 1.165) is 5.56 Å². The first-order valence-corrected chi connectivity index (χ1v) is 4.52. The number of phenolic OH excluding ortho intramolecular Hbond substituents is 1. The lowest BCUT2D eigenvalue weighted by Gasteiger charge is -2.01. The molecule has 1 heterocycles. The van der Waals surface area contributed by atoms with Crippen LogP contribution in [-0.2, 0) is 0 Å². The third-order valence-corrected chi connectivity index (χ3v) is 2.00. The second-order valence-corrected chi connectivity index (χ2v) is 3.27. The number of aryl methyl sites for hydroxylation is 1. The van der Waals surface area contributed by atoms with Crippen molar-refractivity contribution >= 4 is 0 Å². The molecule has 15 heavy (non-hydrogen) atoms. The molecule has 76 valence electrons.